The van der Waals surface area contributed by atoms with Crippen molar-refractivity contribution in [2.45, 2.75) is 82.8 Å². The molecule has 7 atom stereocenters. The van der Waals surface area contributed by atoms with Gasteiger partial charge in [0.25, 0.3) is 0 Å². The molecular weight excluding hydrogens is 346 g/mol. The normalized spacial score (nSPS) is 49.9. The Bertz CT molecular complexity index is 778. The topological polar surface area (TPSA) is 53.4 Å². The highest BCUT2D eigenvalue weighted by atomic mass is 16.3. The fourth-order valence-electron chi connectivity index (χ4n) is 8.01. The zero-order valence-corrected chi connectivity index (χ0v) is 17.4. The van der Waals surface area contributed by atoms with Crippen LogP contribution in [0.15, 0.2) is 36.5 Å². The molecule has 3 nitrogen and oxygen atoms in total. The summed E-state index contributed by atoms with van der Waals surface area (Å²) in [6, 6.07) is 6.02. The second-order valence-electron chi connectivity index (χ2n) is 10.7. The molecule has 0 aromatic carbocycles. The summed E-state index contributed by atoms with van der Waals surface area (Å²) in [6.45, 7) is 4.71. The highest BCUT2D eigenvalue weighted by molar-refractivity contribution is 5.23. The van der Waals surface area contributed by atoms with E-state index in [9.17, 15) is 10.2 Å². The summed E-state index contributed by atoms with van der Waals surface area (Å²) in [4.78, 5) is 4.51. The maximum absolute atomic E-state index is 11.8. The number of hydrogen-bond donors (Lipinski definition) is 2. The van der Waals surface area contributed by atoms with Gasteiger partial charge in [0.05, 0.1) is 11.2 Å². The van der Waals surface area contributed by atoms with Crippen LogP contribution in [0.25, 0.3) is 0 Å². The van der Waals surface area contributed by atoms with Crippen LogP contribution >= 0.6 is 0 Å². The van der Waals surface area contributed by atoms with Gasteiger partial charge in [-0.25, -0.2) is 0 Å². The summed E-state index contributed by atoms with van der Waals surface area (Å²) in [7, 11) is 0. The summed E-state index contributed by atoms with van der Waals surface area (Å²) in [5, 5.41) is 23.3. The van der Waals surface area contributed by atoms with Crippen molar-refractivity contribution < 1.29 is 10.2 Å². The van der Waals surface area contributed by atoms with E-state index >= 15 is 0 Å². The van der Waals surface area contributed by atoms with Crippen LogP contribution in [-0.4, -0.2) is 26.4 Å². The van der Waals surface area contributed by atoms with Crippen molar-refractivity contribution in [3.63, 3.8) is 0 Å². The van der Waals surface area contributed by atoms with Crippen molar-refractivity contribution in [3.8, 4) is 0 Å². The van der Waals surface area contributed by atoms with Gasteiger partial charge in [0.1, 0.15) is 0 Å². The van der Waals surface area contributed by atoms with E-state index in [2.05, 4.69) is 37.0 Å². The first kappa shape index (κ1) is 18.8. The number of aliphatic hydroxyl groups is 2. The van der Waals surface area contributed by atoms with Crippen LogP contribution in [0.3, 0.4) is 0 Å². The first-order chi connectivity index (χ1) is 13.3. The minimum atomic E-state index is -0.655. The fraction of sp³-hybridized carbons (Fsp3) is 0.720. The Balaban J connectivity index is 1.45. The molecule has 4 aliphatic rings. The molecule has 152 valence electrons. The van der Waals surface area contributed by atoms with Gasteiger partial charge in [-0.2, -0.15) is 0 Å². The summed E-state index contributed by atoms with van der Waals surface area (Å²) in [5.41, 5.74) is -0.312. The first-order valence-electron chi connectivity index (χ1n) is 11.3. The van der Waals surface area contributed by atoms with Crippen LogP contribution in [0.5, 0.6) is 0 Å². The van der Waals surface area contributed by atoms with Crippen molar-refractivity contribution >= 4 is 0 Å². The van der Waals surface area contributed by atoms with E-state index in [1.54, 1.807) is 0 Å². The molecule has 0 spiro atoms. The molecule has 0 saturated heterocycles. The van der Waals surface area contributed by atoms with E-state index in [1.165, 1.54) is 0 Å². The van der Waals surface area contributed by atoms with E-state index in [1.807, 2.05) is 18.3 Å². The second kappa shape index (κ2) is 6.15. The molecule has 0 bridgehead atoms. The number of fused-ring (bicyclic) bond motifs is 5. The number of rotatable bonds is 2. The predicted octanol–water partition coefficient (Wildman–Crippen LogP) is 4.68. The predicted molar refractivity (Wildman–Crippen MR) is 111 cm³/mol. The summed E-state index contributed by atoms with van der Waals surface area (Å²) >= 11 is 0. The Hall–Kier alpha value is -1.19. The Morgan fingerprint density at radius 3 is 2.54 bits per heavy atom. The minimum Gasteiger partial charge on any atom is -0.389 e. The lowest BCUT2D eigenvalue weighted by Crippen LogP contribution is -2.61. The van der Waals surface area contributed by atoms with Crippen LogP contribution < -0.4 is 0 Å². The number of pyridine rings is 1. The molecule has 0 aliphatic heterocycles. The standard InChI is InChI=1S/C25H35NO2/c1-22-11-4-5-12-24(22,27)14-8-19-20(22)9-13-23(2)21(19)10-15-25(23,28)17-18-7-3-6-16-26-18/h3,5-7,12,16,19-21,27-28H,4,8-11,13-15,17H2,1-2H3/t19-,20+,21+,22-,23+,24+,25-/m1/s1. The van der Waals surface area contributed by atoms with Crippen molar-refractivity contribution in [2.24, 2.45) is 28.6 Å². The molecule has 0 unspecified atom stereocenters. The van der Waals surface area contributed by atoms with Gasteiger partial charge < -0.3 is 10.2 Å². The van der Waals surface area contributed by atoms with E-state index in [-0.39, 0.29) is 10.8 Å². The van der Waals surface area contributed by atoms with Crippen LogP contribution in [0.2, 0.25) is 0 Å². The Kier molecular flexibility index (Phi) is 4.13. The highest BCUT2D eigenvalue weighted by Crippen LogP contribution is 2.68. The first-order valence-corrected chi connectivity index (χ1v) is 11.3. The highest BCUT2D eigenvalue weighted by Gasteiger charge is 2.66. The number of nitrogens with zero attached hydrogens (tertiary/aromatic N) is 1. The molecule has 1 heterocycles. The second-order valence-corrected chi connectivity index (χ2v) is 10.7. The molecule has 0 amide bonds. The Morgan fingerprint density at radius 2 is 1.75 bits per heavy atom. The molecule has 0 radical (unpaired) electrons. The van der Waals surface area contributed by atoms with Crippen LogP contribution in [0.1, 0.15) is 70.9 Å². The molecule has 5 rings (SSSR count). The lowest BCUT2D eigenvalue weighted by molar-refractivity contribution is -0.186. The molecule has 1 aromatic rings. The summed E-state index contributed by atoms with van der Waals surface area (Å²) in [5.74, 6) is 1.77. The fourth-order valence-corrected chi connectivity index (χ4v) is 8.01. The third-order valence-corrected chi connectivity index (χ3v) is 9.85. The average molecular weight is 382 g/mol. The van der Waals surface area contributed by atoms with Crippen molar-refractivity contribution in [2.75, 3.05) is 0 Å². The minimum absolute atomic E-state index is 0.00626. The average Bonchev–Trinajstić information content (AvgIpc) is 2.94. The summed E-state index contributed by atoms with van der Waals surface area (Å²) < 4.78 is 0. The van der Waals surface area contributed by atoms with Crippen molar-refractivity contribution in [3.05, 3.63) is 42.2 Å². The van der Waals surface area contributed by atoms with E-state index in [0.29, 0.717) is 24.2 Å². The Morgan fingerprint density at radius 1 is 0.964 bits per heavy atom. The quantitative estimate of drug-likeness (QED) is 0.732. The van der Waals surface area contributed by atoms with E-state index < -0.39 is 11.2 Å². The van der Waals surface area contributed by atoms with Gasteiger partial charge in [-0.1, -0.05) is 32.1 Å². The van der Waals surface area contributed by atoms with Crippen LogP contribution in [-0.2, 0) is 6.42 Å². The zero-order valence-electron chi connectivity index (χ0n) is 17.4. The number of aromatic nitrogens is 1. The van der Waals surface area contributed by atoms with Gasteiger partial charge in [0, 0.05) is 23.7 Å². The molecule has 28 heavy (non-hydrogen) atoms. The molecule has 2 N–H and O–H groups in total. The SMILES string of the molecule is C[C@]12CC[C@H]3[C@@H](CC[C@@]4(O)C=CCC[C@]34C)[C@@H]1CC[C@@]2(O)Cc1ccccn1. The zero-order chi connectivity index (χ0) is 19.6. The van der Waals surface area contributed by atoms with Gasteiger partial charge in [-0.3, -0.25) is 4.98 Å². The molecule has 3 heteroatoms. The smallest absolute Gasteiger partial charge is 0.0883 e. The summed E-state index contributed by atoms with van der Waals surface area (Å²) in [6.07, 6.45) is 15.2. The maximum Gasteiger partial charge on any atom is 0.0883 e. The maximum atomic E-state index is 11.8. The van der Waals surface area contributed by atoms with Gasteiger partial charge in [0.2, 0.25) is 0 Å². The monoisotopic (exact) mass is 381 g/mol. The molecule has 3 fully saturated rings. The van der Waals surface area contributed by atoms with Gasteiger partial charge in [0.15, 0.2) is 0 Å². The van der Waals surface area contributed by atoms with Crippen LogP contribution in [0, 0.1) is 28.6 Å². The van der Waals surface area contributed by atoms with Crippen molar-refractivity contribution in [1.29, 1.82) is 0 Å². The molecule has 3 saturated carbocycles. The van der Waals surface area contributed by atoms with E-state index in [0.717, 1.165) is 57.1 Å². The third-order valence-electron chi connectivity index (χ3n) is 9.85. The van der Waals surface area contributed by atoms with Gasteiger partial charge >= 0.3 is 0 Å². The lowest BCUT2D eigenvalue weighted by atomic mass is 9.44. The molecule has 1 aromatic heterocycles. The molecular formula is C25H35NO2. The van der Waals surface area contributed by atoms with Gasteiger partial charge in [-0.05, 0) is 86.7 Å². The number of allylic oxidation sites excluding steroid dienone is 1. The van der Waals surface area contributed by atoms with E-state index in [4.69, 9.17) is 0 Å². The van der Waals surface area contributed by atoms with Gasteiger partial charge in [-0.15, -0.1) is 0 Å². The molecule has 4 aliphatic carbocycles. The number of hydrogen-bond acceptors (Lipinski definition) is 3. The Labute approximate surface area is 169 Å². The van der Waals surface area contributed by atoms with Crippen molar-refractivity contribution in [1.82, 2.24) is 4.98 Å². The lowest BCUT2D eigenvalue weighted by Gasteiger charge is -2.62. The third kappa shape index (κ3) is 2.38. The van der Waals surface area contributed by atoms with Crippen LogP contribution in [0.4, 0.5) is 0 Å². The largest absolute Gasteiger partial charge is 0.389 e.